The van der Waals surface area contributed by atoms with Gasteiger partial charge in [-0.25, -0.2) is 4.98 Å². The Bertz CT molecular complexity index is 468. The molecule has 13 heavy (non-hydrogen) atoms. The molecule has 1 aromatic carbocycles. The minimum absolute atomic E-state index is 0.905. The minimum Gasteiger partial charge on any atom is -0.328 e. The molecule has 1 aliphatic rings. The highest BCUT2D eigenvalue weighted by Crippen LogP contribution is 2.25. The van der Waals surface area contributed by atoms with Gasteiger partial charge in [-0.3, -0.25) is 0 Å². The van der Waals surface area contributed by atoms with E-state index in [1.807, 2.05) is 0 Å². The molecule has 2 heteroatoms. The van der Waals surface area contributed by atoms with Crippen LogP contribution < -0.4 is 0 Å². The van der Waals surface area contributed by atoms with Gasteiger partial charge < -0.3 is 4.57 Å². The number of hydrogen-bond donors (Lipinski definition) is 0. The highest BCUT2D eigenvalue weighted by atomic mass is 15.1. The van der Waals surface area contributed by atoms with Crippen molar-refractivity contribution in [3.8, 4) is 0 Å². The number of aromatic nitrogens is 2. The van der Waals surface area contributed by atoms with Crippen molar-refractivity contribution in [2.45, 2.75) is 19.4 Å². The van der Waals surface area contributed by atoms with Crippen molar-refractivity contribution in [2.24, 2.45) is 0 Å². The quantitative estimate of drug-likeness (QED) is 0.594. The van der Waals surface area contributed by atoms with Gasteiger partial charge in [-0.05, 0) is 24.5 Å². The molecular weight excluding hydrogens is 160 g/mol. The molecule has 2 nitrogen and oxygen atoms in total. The van der Waals surface area contributed by atoms with Crippen molar-refractivity contribution in [3.63, 3.8) is 0 Å². The zero-order valence-corrected chi connectivity index (χ0v) is 7.45. The number of imidazole rings is 1. The van der Waals surface area contributed by atoms with E-state index in [4.69, 9.17) is 0 Å². The van der Waals surface area contributed by atoms with Gasteiger partial charge in [-0.2, -0.15) is 0 Å². The molecule has 2 heterocycles. The number of aryl methyl sites for hydroxylation is 2. The molecule has 65 valence electrons. The zero-order valence-electron chi connectivity index (χ0n) is 7.45. The van der Waals surface area contributed by atoms with Crippen LogP contribution in [-0.2, 0) is 13.0 Å². The van der Waals surface area contributed by atoms with Crippen LogP contribution in [0.25, 0.3) is 11.0 Å². The molecule has 0 saturated carbocycles. The highest BCUT2D eigenvalue weighted by Gasteiger charge is 2.14. The molecule has 0 bridgehead atoms. The Hall–Kier alpha value is -1.31. The van der Waals surface area contributed by atoms with Gasteiger partial charge >= 0.3 is 0 Å². The maximum atomic E-state index is 4.44. The lowest BCUT2D eigenvalue weighted by atomic mass is 10.0. The van der Waals surface area contributed by atoms with Crippen LogP contribution in [0.3, 0.4) is 0 Å². The van der Waals surface area contributed by atoms with Crippen molar-refractivity contribution >= 4 is 11.0 Å². The average molecular weight is 171 g/mol. The normalized spacial score (nSPS) is 15.2. The van der Waals surface area contributed by atoms with Crippen molar-refractivity contribution in [2.75, 3.05) is 0 Å². The average Bonchev–Trinajstić information content (AvgIpc) is 2.47. The monoisotopic (exact) mass is 171 g/mol. The predicted molar refractivity (Wildman–Crippen MR) is 52.5 cm³/mol. The molecule has 3 rings (SSSR count). The first-order valence-corrected chi connectivity index (χ1v) is 4.66. The fourth-order valence-corrected chi connectivity index (χ4v) is 2.18. The van der Waals surface area contributed by atoms with Crippen LogP contribution in [0, 0.1) is 6.92 Å². The first kappa shape index (κ1) is 7.13. The molecule has 1 aromatic heterocycles. The molecule has 1 aliphatic heterocycles. The molecule has 0 N–H and O–H groups in total. The van der Waals surface area contributed by atoms with Crippen LogP contribution in [0.4, 0.5) is 0 Å². The topological polar surface area (TPSA) is 17.8 Å². The maximum absolute atomic E-state index is 4.44. The Kier molecular flexibility index (Phi) is 1.29. The highest BCUT2D eigenvalue weighted by molar-refractivity contribution is 5.80. The maximum Gasteiger partial charge on any atom is 0.110 e. The van der Waals surface area contributed by atoms with Crippen LogP contribution >= 0.6 is 0 Å². The number of para-hydroxylation sites is 1. The summed E-state index contributed by atoms with van der Waals surface area (Å²) in [6.07, 6.45) is 2.40. The summed E-state index contributed by atoms with van der Waals surface area (Å²) in [5.41, 5.74) is 3.83. The van der Waals surface area contributed by atoms with Crippen molar-refractivity contribution < 1.29 is 0 Å². The Labute approximate surface area is 77.2 Å². The van der Waals surface area contributed by atoms with E-state index in [-0.39, 0.29) is 0 Å². The summed E-state index contributed by atoms with van der Waals surface area (Å²) in [4.78, 5) is 4.44. The summed E-state index contributed by atoms with van der Waals surface area (Å²) in [6, 6.07) is 6.34. The largest absolute Gasteiger partial charge is 0.328 e. The number of hydrogen-bond acceptors (Lipinski definition) is 1. The zero-order chi connectivity index (χ0) is 8.84. The van der Waals surface area contributed by atoms with E-state index in [0.717, 1.165) is 17.9 Å². The standard InChI is InChI=1S/C11H11N2/c1-8-12-10-6-2-4-9-5-3-7-13(8)11(9)10/h2,4,6H,1,3,5,7H2. The van der Waals surface area contributed by atoms with Gasteiger partial charge in [0.15, 0.2) is 0 Å². The Morgan fingerprint density at radius 2 is 2.31 bits per heavy atom. The fourth-order valence-electron chi connectivity index (χ4n) is 2.18. The van der Waals surface area contributed by atoms with Gasteiger partial charge in [-0.15, -0.1) is 0 Å². The van der Waals surface area contributed by atoms with Gasteiger partial charge in [0.1, 0.15) is 5.82 Å². The summed E-state index contributed by atoms with van der Waals surface area (Å²) in [5.74, 6) is 0.905. The van der Waals surface area contributed by atoms with Crippen LogP contribution in [0.2, 0.25) is 0 Å². The molecule has 0 unspecified atom stereocenters. The molecule has 0 atom stereocenters. The second kappa shape index (κ2) is 2.34. The molecule has 2 aromatic rings. The molecule has 0 aliphatic carbocycles. The first-order valence-electron chi connectivity index (χ1n) is 4.66. The van der Waals surface area contributed by atoms with Crippen LogP contribution in [-0.4, -0.2) is 9.55 Å². The Balaban J connectivity index is 2.51. The Morgan fingerprint density at radius 1 is 1.38 bits per heavy atom. The van der Waals surface area contributed by atoms with E-state index in [1.54, 1.807) is 0 Å². The molecule has 1 radical (unpaired) electrons. The third-order valence-corrected chi connectivity index (χ3v) is 2.76. The Morgan fingerprint density at radius 3 is 3.23 bits per heavy atom. The van der Waals surface area contributed by atoms with Crippen molar-refractivity contribution in [1.29, 1.82) is 0 Å². The van der Waals surface area contributed by atoms with Crippen LogP contribution in [0.5, 0.6) is 0 Å². The summed E-state index contributed by atoms with van der Waals surface area (Å²) in [6.45, 7) is 5.03. The lowest BCUT2D eigenvalue weighted by Gasteiger charge is -2.15. The second-order valence-corrected chi connectivity index (χ2v) is 3.57. The third kappa shape index (κ3) is 0.857. The number of rotatable bonds is 0. The van der Waals surface area contributed by atoms with E-state index >= 15 is 0 Å². The van der Waals surface area contributed by atoms with E-state index in [1.165, 1.54) is 23.9 Å². The number of nitrogens with zero attached hydrogens (tertiary/aromatic N) is 2. The smallest absolute Gasteiger partial charge is 0.110 e. The first-order chi connectivity index (χ1) is 6.36. The summed E-state index contributed by atoms with van der Waals surface area (Å²) in [5, 5.41) is 0. The van der Waals surface area contributed by atoms with Crippen LogP contribution in [0.15, 0.2) is 18.2 Å². The summed E-state index contributed by atoms with van der Waals surface area (Å²) >= 11 is 0. The predicted octanol–water partition coefficient (Wildman–Crippen LogP) is 2.16. The van der Waals surface area contributed by atoms with Gasteiger partial charge in [-0.1, -0.05) is 12.1 Å². The lowest BCUT2D eigenvalue weighted by molar-refractivity contribution is 0.624. The lowest BCUT2D eigenvalue weighted by Crippen LogP contribution is -2.08. The third-order valence-electron chi connectivity index (χ3n) is 2.76. The second-order valence-electron chi connectivity index (χ2n) is 3.57. The van der Waals surface area contributed by atoms with Crippen LogP contribution in [0.1, 0.15) is 17.8 Å². The van der Waals surface area contributed by atoms with Gasteiger partial charge in [0.05, 0.1) is 11.0 Å². The molecular formula is C11H11N2. The summed E-state index contributed by atoms with van der Waals surface area (Å²) < 4.78 is 2.23. The van der Waals surface area contributed by atoms with Crippen molar-refractivity contribution in [3.05, 3.63) is 36.5 Å². The molecule has 0 amide bonds. The van der Waals surface area contributed by atoms with Gasteiger partial charge in [0.25, 0.3) is 0 Å². The van der Waals surface area contributed by atoms with Crippen molar-refractivity contribution in [1.82, 2.24) is 9.55 Å². The minimum atomic E-state index is 0.905. The van der Waals surface area contributed by atoms with Gasteiger partial charge in [0, 0.05) is 13.5 Å². The SMILES string of the molecule is [CH2]c1nc2cccc3c2n1CCC3. The fraction of sp³-hybridized carbons (Fsp3) is 0.273. The molecule has 0 fully saturated rings. The van der Waals surface area contributed by atoms with E-state index in [0.29, 0.717) is 0 Å². The van der Waals surface area contributed by atoms with Gasteiger partial charge in [0.2, 0.25) is 0 Å². The molecule has 0 saturated heterocycles. The van der Waals surface area contributed by atoms with E-state index in [2.05, 4.69) is 34.7 Å². The molecule has 0 spiro atoms. The van der Waals surface area contributed by atoms with E-state index < -0.39 is 0 Å². The summed E-state index contributed by atoms with van der Waals surface area (Å²) in [7, 11) is 0. The van der Waals surface area contributed by atoms with E-state index in [9.17, 15) is 0 Å². The number of benzene rings is 1.